The minimum Gasteiger partial charge on any atom is -0.493 e. The van der Waals surface area contributed by atoms with Gasteiger partial charge in [-0.3, -0.25) is 0 Å². The summed E-state index contributed by atoms with van der Waals surface area (Å²) >= 11 is 6.22. The van der Waals surface area contributed by atoms with Gasteiger partial charge in [-0.1, -0.05) is 25.4 Å². The Morgan fingerprint density at radius 1 is 1.25 bits per heavy atom. The Morgan fingerprint density at radius 3 is 2.40 bits per heavy atom. The second-order valence-electron chi connectivity index (χ2n) is 5.36. The number of anilines is 1. The fourth-order valence-electron chi connectivity index (χ4n) is 1.81. The molecule has 0 aliphatic rings. The third kappa shape index (κ3) is 4.50. The summed E-state index contributed by atoms with van der Waals surface area (Å²) in [4.78, 5) is 0. The number of nitrogens with zero attached hydrogens (tertiary/aromatic N) is 1. The maximum absolute atomic E-state index is 8.66. The zero-order valence-corrected chi connectivity index (χ0v) is 13.2. The first-order valence-electron chi connectivity index (χ1n) is 6.46. The lowest BCUT2D eigenvalue weighted by Crippen LogP contribution is -2.23. The third-order valence-corrected chi connectivity index (χ3v) is 3.46. The molecular weight excluding hydrogens is 276 g/mol. The zero-order chi connectivity index (χ0) is 15.2. The van der Waals surface area contributed by atoms with E-state index in [1.807, 2.05) is 6.07 Å². The Labute approximate surface area is 125 Å². The standard InChI is InChI=1S/C15H21ClN2O2/c1-15(2,6-5-7-17)10-18-12-9-14(20-4)13(19-3)8-11(12)16/h8-9,18H,5-6,10H2,1-4H3. The van der Waals surface area contributed by atoms with E-state index in [1.54, 1.807) is 20.3 Å². The van der Waals surface area contributed by atoms with Crippen LogP contribution in [0.2, 0.25) is 5.02 Å². The summed E-state index contributed by atoms with van der Waals surface area (Å²) in [6.07, 6.45) is 1.38. The maximum Gasteiger partial charge on any atom is 0.162 e. The lowest BCUT2D eigenvalue weighted by molar-refractivity contribution is 0.354. The average Bonchev–Trinajstić information content (AvgIpc) is 2.43. The Balaban J connectivity index is 2.80. The van der Waals surface area contributed by atoms with Crippen LogP contribution in [0, 0.1) is 16.7 Å². The largest absolute Gasteiger partial charge is 0.493 e. The number of hydrogen-bond donors (Lipinski definition) is 1. The van der Waals surface area contributed by atoms with E-state index in [-0.39, 0.29) is 5.41 Å². The molecule has 0 spiro atoms. The van der Waals surface area contributed by atoms with Crippen molar-refractivity contribution in [2.45, 2.75) is 26.7 Å². The Hall–Kier alpha value is -1.60. The highest BCUT2D eigenvalue weighted by atomic mass is 35.5. The summed E-state index contributed by atoms with van der Waals surface area (Å²) < 4.78 is 10.5. The van der Waals surface area contributed by atoms with Crippen molar-refractivity contribution in [3.8, 4) is 17.6 Å². The predicted molar refractivity (Wildman–Crippen MR) is 81.7 cm³/mol. The fraction of sp³-hybridized carbons (Fsp3) is 0.533. The van der Waals surface area contributed by atoms with E-state index in [4.69, 9.17) is 26.3 Å². The molecule has 0 amide bonds. The first-order chi connectivity index (χ1) is 9.43. The molecule has 1 rings (SSSR count). The van der Waals surface area contributed by atoms with Crippen LogP contribution in [0.25, 0.3) is 0 Å². The van der Waals surface area contributed by atoms with Gasteiger partial charge in [0, 0.05) is 25.1 Å². The van der Waals surface area contributed by atoms with Crippen molar-refractivity contribution < 1.29 is 9.47 Å². The molecule has 110 valence electrons. The molecule has 0 radical (unpaired) electrons. The maximum atomic E-state index is 8.66. The van der Waals surface area contributed by atoms with Crippen LogP contribution in [0.3, 0.4) is 0 Å². The van der Waals surface area contributed by atoms with Crippen LogP contribution in [0.1, 0.15) is 26.7 Å². The van der Waals surface area contributed by atoms with Gasteiger partial charge < -0.3 is 14.8 Å². The molecule has 0 heterocycles. The smallest absolute Gasteiger partial charge is 0.162 e. The SMILES string of the molecule is COc1cc(Cl)c(NCC(C)(C)CCC#N)cc1OC. The van der Waals surface area contributed by atoms with Crippen LogP contribution in [-0.2, 0) is 0 Å². The molecule has 5 heteroatoms. The highest BCUT2D eigenvalue weighted by Gasteiger charge is 2.18. The molecule has 0 saturated carbocycles. The summed E-state index contributed by atoms with van der Waals surface area (Å²) in [5.74, 6) is 1.24. The summed E-state index contributed by atoms with van der Waals surface area (Å²) in [5.41, 5.74) is 0.820. The van der Waals surface area contributed by atoms with Crippen LogP contribution in [0.15, 0.2) is 12.1 Å². The number of ether oxygens (including phenoxy) is 2. The van der Waals surface area contributed by atoms with E-state index >= 15 is 0 Å². The van der Waals surface area contributed by atoms with Crippen molar-refractivity contribution in [3.05, 3.63) is 17.2 Å². The lowest BCUT2D eigenvalue weighted by Gasteiger charge is -2.25. The van der Waals surface area contributed by atoms with Crippen molar-refractivity contribution in [1.29, 1.82) is 5.26 Å². The first kappa shape index (κ1) is 16.5. The lowest BCUT2D eigenvalue weighted by atomic mass is 9.88. The van der Waals surface area contributed by atoms with Crippen molar-refractivity contribution >= 4 is 17.3 Å². The van der Waals surface area contributed by atoms with Gasteiger partial charge in [-0.2, -0.15) is 5.26 Å². The zero-order valence-electron chi connectivity index (χ0n) is 12.4. The van der Waals surface area contributed by atoms with Crippen LogP contribution in [0.5, 0.6) is 11.5 Å². The van der Waals surface area contributed by atoms with Gasteiger partial charge in [0.25, 0.3) is 0 Å². The monoisotopic (exact) mass is 296 g/mol. The quantitative estimate of drug-likeness (QED) is 0.823. The molecule has 0 unspecified atom stereocenters. The number of rotatable bonds is 7. The van der Waals surface area contributed by atoms with Gasteiger partial charge in [0.05, 0.1) is 31.0 Å². The summed E-state index contributed by atoms with van der Waals surface area (Å²) in [5, 5.41) is 12.6. The summed E-state index contributed by atoms with van der Waals surface area (Å²) in [7, 11) is 3.17. The van der Waals surface area contributed by atoms with Gasteiger partial charge in [0.2, 0.25) is 0 Å². The number of benzene rings is 1. The minimum absolute atomic E-state index is 0.0201. The number of nitriles is 1. The topological polar surface area (TPSA) is 54.3 Å². The van der Waals surface area contributed by atoms with Crippen molar-refractivity contribution in [2.24, 2.45) is 5.41 Å². The molecule has 0 fully saturated rings. The molecule has 1 aromatic rings. The molecule has 1 N–H and O–H groups in total. The summed E-state index contributed by atoms with van der Waals surface area (Å²) in [6.45, 7) is 4.96. The molecule has 20 heavy (non-hydrogen) atoms. The second-order valence-corrected chi connectivity index (χ2v) is 5.77. The average molecular weight is 297 g/mol. The van der Waals surface area contributed by atoms with Crippen LogP contribution < -0.4 is 14.8 Å². The predicted octanol–water partition coefficient (Wildman–Crippen LogP) is 4.10. The van der Waals surface area contributed by atoms with E-state index in [9.17, 15) is 0 Å². The molecular formula is C15H21ClN2O2. The van der Waals surface area contributed by atoms with Gasteiger partial charge in [-0.25, -0.2) is 0 Å². The molecule has 0 bridgehead atoms. The fourth-order valence-corrected chi connectivity index (χ4v) is 2.03. The van der Waals surface area contributed by atoms with Gasteiger partial charge in [0.15, 0.2) is 11.5 Å². The second kappa shape index (κ2) is 7.25. The molecule has 0 aliphatic carbocycles. The third-order valence-electron chi connectivity index (χ3n) is 3.14. The molecule has 0 saturated heterocycles. The highest BCUT2D eigenvalue weighted by molar-refractivity contribution is 6.33. The normalized spacial score (nSPS) is 10.8. The van der Waals surface area contributed by atoms with Crippen LogP contribution in [-0.4, -0.2) is 20.8 Å². The highest BCUT2D eigenvalue weighted by Crippen LogP contribution is 2.36. The molecule has 4 nitrogen and oxygen atoms in total. The van der Waals surface area contributed by atoms with Crippen LogP contribution >= 0.6 is 11.6 Å². The first-order valence-corrected chi connectivity index (χ1v) is 6.83. The molecule has 0 atom stereocenters. The number of hydrogen-bond acceptors (Lipinski definition) is 4. The van der Waals surface area contributed by atoms with Crippen molar-refractivity contribution in [3.63, 3.8) is 0 Å². The number of nitrogens with one attached hydrogen (secondary N) is 1. The minimum atomic E-state index is 0.0201. The van der Waals surface area contributed by atoms with Gasteiger partial charge in [-0.05, 0) is 11.8 Å². The van der Waals surface area contributed by atoms with Gasteiger partial charge in [0.1, 0.15) is 0 Å². The van der Waals surface area contributed by atoms with Gasteiger partial charge in [-0.15, -0.1) is 0 Å². The van der Waals surface area contributed by atoms with E-state index in [0.29, 0.717) is 22.9 Å². The number of methoxy groups -OCH3 is 2. The molecule has 1 aromatic carbocycles. The van der Waals surface area contributed by atoms with E-state index in [1.165, 1.54) is 0 Å². The van der Waals surface area contributed by atoms with E-state index in [0.717, 1.165) is 18.7 Å². The summed E-state index contributed by atoms with van der Waals surface area (Å²) in [6, 6.07) is 5.72. The Morgan fingerprint density at radius 2 is 1.85 bits per heavy atom. The Kier molecular flexibility index (Phi) is 5.97. The number of halogens is 1. The van der Waals surface area contributed by atoms with E-state index in [2.05, 4.69) is 25.2 Å². The molecule has 0 aromatic heterocycles. The Bertz CT molecular complexity index is 495. The van der Waals surface area contributed by atoms with Crippen molar-refractivity contribution in [1.82, 2.24) is 0 Å². The van der Waals surface area contributed by atoms with Crippen LogP contribution in [0.4, 0.5) is 5.69 Å². The van der Waals surface area contributed by atoms with Gasteiger partial charge >= 0.3 is 0 Å². The van der Waals surface area contributed by atoms with Crippen molar-refractivity contribution in [2.75, 3.05) is 26.1 Å². The molecule has 0 aliphatic heterocycles. The van der Waals surface area contributed by atoms with E-state index < -0.39 is 0 Å².